The summed E-state index contributed by atoms with van der Waals surface area (Å²) in [6, 6.07) is 6.22. The molecular formula is C18H26N2O3. The number of carbonyl (C=O) groups is 1. The van der Waals surface area contributed by atoms with Crippen molar-refractivity contribution in [2.24, 2.45) is 5.73 Å². The van der Waals surface area contributed by atoms with Gasteiger partial charge < -0.3 is 20.1 Å². The summed E-state index contributed by atoms with van der Waals surface area (Å²) >= 11 is 0. The van der Waals surface area contributed by atoms with Gasteiger partial charge in [0.25, 0.3) is 0 Å². The summed E-state index contributed by atoms with van der Waals surface area (Å²) in [5.41, 5.74) is 6.65. The van der Waals surface area contributed by atoms with Crippen LogP contribution in [0.3, 0.4) is 0 Å². The molecule has 23 heavy (non-hydrogen) atoms. The van der Waals surface area contributed by atoms with Gasteiger partial charge in [0, 0.05) is 13.0 Å². The molecular weight excluding hydrogens is 292 g/mol. The van der Waals surface area contributed by atoms with E-state index in [1.165, 1.54) is 0 Å². The third-order valence-electron chi connectivity index (χ3n) is 4.70. The van der Waals surface area contributed by atoms with Crippen LogP contribution in [0.15, 0.2) is 18.2 Å². The summed E-state index contributed by atoms with van der Waals surface area (Å²) in [6.07, 6.45) is 6.96. The molecule has 126 valence electrons. The maximum Gasteiger partial charge on any atom is 0.231 e. The van der Waals surface area contributed by atoms with Gasteiger partial charge in [-0.3, -0.25) is 4.79 Å². The van der Waals surface area contributed by atoms with Crippen LogP contribution in [-0.2, 0) is 4.79 Å². The van der Waals surface area contributed by atoms with E-state index in [0.29, 0.717) is 6.42 Å². The van der Waals surface area contributed by atoms with Gasteiger partial charge in [-0.15, -0.1) is 0 Å². The maximum absolute atomic E-state index is 12.5. The average Bonchev–Trinajstić information content (AvgIpc) is 3.22. The molecule has 1 saturated heterocycles. The molecule has 1 aromatic carbocycles. The van der Waals surface area contributed by atoms with Gasteiger partial charge in [0.2, 0.25) is 12.7 Å². The first-order chi connectivity index (χ1) is 11.3. The largest absolute Gasteiger partial charge is 0.454 e. The van der Waals surface area contributed by atoms with E-state index in [2.05, 4.69) is 6.07 Å². The molecule has 0 radical (unpaired) electrons. The second kappa shape index (κ2) is 7.68. The first-order valence-corrected chi connectivity index (χ1v) is 8.68. The van der Waals surface area contributed by atoms with E-state index in [1.54, 1.807) is 0 Å². The van der Waals surface area contributed by atoms with E-state index in [4.69, 9.17) is 15.2 Å². The summed E-state index contributed by atoms with van der Waals surface area (Å²) in [7, 11) is 0. The van der Waals surface area contributed by atoms with Gasteiger partial charge in [-0.05, 0) is 49.9 Å². The van der Waals surface area contributed by atoms with Crippen LogP contribution >= 0.6 is 0 Å². The van der Waals surface area contributed by atoms with Gasteiger partial charge in [0.05, 0.1) is 6.04 Å². The first-order valence-electron chi connectivity index (χ1n) is 8.68. The molecule has 1 aromatic rings. The number of likely N-dealkylation sites (tertiary alicyclic amines) is 1. The van der Waals surface area contributed by atoms with Crippen molar-refractivity contribution >= 4 is 5.91 Å². The predicted octanol–water partition coefficient (Wildman–Crippen LogP) is 2.99. The van der Waals surface area contributed by atoms with Crippen molar-refractivity contribution in [2.45, 2.75) is 51.0 Å². The molecule has 2 aliphatic rings. The Bertz CT molecular complexity index is 547. The van der Waals surface area contributed by atoms with Crippen LogP contribution in [-0.4, -0.2) is 30.7 Å². The Kier molecular flexibility index (Phi) is 5.39. The lowest BCUT2D eigenvalue weighted by molar-refractivity contribution is -0.132. The van der Waals surface area contributed by atoms with Crippen molar-refractivity contribution in [3.63, 3.8) is 0 Å². The van der Waals surface area contributed by atoms with Gasteiger partial charge in [-0.25, -0.2) is 0 Å². The Morgan fingerprint density at radius 2 is 2.00 bits per heavy atom. The lowest BCUT2D eigenvalue weighted by Gasteiger charge is -2.25. The van der Waals surface area contributed by atoms with Crippen molar-refractivity contribution in [1.29, 1.82) is 0 Å². The van der Waals surface area contributed by atoms with Crippen molar-refractivity contribution in [2.75, 3.05) is 19.9 Å². The number of hydrogen-bond acceptors (Lipinski definition) is 4. The minimum Gasteiger partial charge on any atom is -0.454 e. The van der Waals surface area contributed by atoms with Crippen LogP contribution in [0.4, 0.5) is 0 Å². The second-order valence-electron chi connectivity index (χ2n) is 6.31. The number of hydrogen-bond donors (Lipinski definition) is 1. The van der Waals surface area contributed by atoms with E-state index in [-0.39, 0.29) is 18.7 Å². The quantitative estimate of drug-likeness (QED) is 0.785. The fourth-order valence-electron chi connectivity index (χ4n) is 3.45. The lowest BCUT2D eigenvalue weighted by atomic mass is 10.0. The number of carbonyl (C=O) groups excluding carboxylic acids is 1. The third-order valence-corrected chi connectivity index (χ3v) is 4.70. The Morgan fingerprint density at radius 1 is 1.17 bits per heavy atom. The minimum atomic E-state index is 0.182. The Morgan fingerprint density at radius 3 is 2.87 bits per heavy atom. The Balaban J connectivity index is 1.58. The van der Waals surface area contributed by atoms with Crippen molar-refractivity contribution < 1.29 is 14.3 Å². The van der Waals surface area contributed by atoms with Crippen molar-refractivity contribution in [3.05, 3.63) is 23.8 Å². The normalized spacial score (nSPS) is 19.3. The topological polar surface area (TPSA) is 64.8 Å². The SMILES string of the molecule is NCCCCCCC(=O)N1CCCC1c1ccc2c(c1)OCO2. The van der Waals surface area contributed by atoms with Crippen LogP contribution in [0, 0.1) is 0 Å². The summed E-state index contributed by atoms with van der Waals surface area (Å²) in [5.74, 6) is 1.87. The van der Waals surface area contributed by atoms with E-state index in [1.807, 2.05) is 17.0 Å². The molecule has 1 atom stereocenters. The van der Waals surface area contributed by atoms with Gasteiger partial charge >= 0.3 is 0 Å². The summed E-state index contributed by atoms with van der Waals surface area (Å²) in [5, 5.41) is 0. The van der Waals surface area contributed by atoms with E-state index in [0.717, 1.165) is 68.7 Å². The number of nitrogens with two attached hydrogens (primary N) is 1. The van der Waals surface area contributed by atoms with Crippen LogP contribution in [0.25, 0.3) is 0 Å². The molecule has 5 heteroatoms. The van der Waals surface area contributed by atoms with E-state index < -0.39 is 0 Å². The predicted molar refractivity (Wildman–Crippen MR) is 88.4 cm³/mol. The summed E-state index contributed by atoms with van der Waals surface area (Å²) in [4.78, 5) is 14.6. The highest BCUT2D eigenvalue weighted by atomic mass is 16.7. The highest BCUT2D eigenvalue weighted by Crippen LogP contribution is 2.39. The fraction of sp³-hybridized carbons (Fsp3) is 0.611. The molecule has 2 heterocycles. The van der Waals surface area contributed by atoms with Crippen LogP contribution < -0.4 is 15.2 Å². The van der Waals surface area contributed by atoms with Gasteiger partial charge in [0.15, 0.2) is 11.5 Å². The fourth-order valence-corrected chi connectivity index (χ4v) is 3.45. The van der Waals surface area contributed by atoms with Crippen LogP contribution in [0.2, 0.25) is 0 Å². The molecule has 1 amide bonds. The molecule has 0 spiro atoms. The molecule has 2 N–H and O–H groups in total. The van der Waals surface area contributed by atoms with Crippen LogP contribution in [0.1, 0.15) is 56.6 Å². The zero-order chi connectivity index (χ0) is 16.1. The summed E-state index contributed by atoms with van der Waals surface area (Å²) in [6.45, 7) is 1.89. The molecule has 0 aliphatic carbocycles. The Hall–Kier alpha value is -1.75. The molecule has 1 unspecified atom stereocenters. The molecule has 2 aliphatic heterocycles. The smallest absolute Gasteiger partial charge is 0.231 e. The van der Waals surface area contributed by atoms with Crippen LogP contribution in [0.5, 0.6) is 11.5 Å². The Labute approximate surface area is 137 Å². The summed E-state index contributed by atoms with van der Waals surface area (Å²) < 4.78 is 10.8. The zero-order valence-corrected chi connectivity index (χ0v) is 13.6. The number of benzene rings is 1. The zero-order valence-electron chi connectivity index (χ0n) is 13.6. The van der Waals surface area contributed by atoms with Gasteiger partial charge in [0.1, 0.15) is 0 Å². The number of rotatable bonds is 7. The van der Waals surface area contributed by atoms with Gasteiger partial charge in [-0.2, -0.15) is 0 Å². The molecule has 0 aromatic heterocycles. The lowest BCUT2D eigenvalue weighted by Crippen LogP contribution is -2.30. The first kappa shape index (κ1) is 16.1. The number of nitrogens with zero attached hydrogens (tertiary/aromatic N) is 1. The molecule has 0 bridgehead atoms. The number of ether oxygens (including phenoxy) is 2. The standard InChI is InChI=1S/C18H26N2O3/c19-10-4-2-1-3-7-18(21)20-11-5-6-15(20)14-8-9-16-17(12-14)23-13-22-16/h8-9,12,15H,1-7,10-11,13,19H2. The monoisotopic (exact) mass is 318 g/mol. The highest BCUT2D eigenvalue weighted by Gasteiger charge is 2.30. The minimum absolute atomic E-state index is 0.182. The highest BCUT2D eigenvalue weighted by molar-refractivity contribution is 5.77. The van der Waals surface area contributed by atoms with Gasteiger partial charge in [-0.1, -0.05) is 18.9 Å². The molecule has 3 rings (SSSR count). The van der Waals surface area contributed by atoms with Crippen molar-refractivity contribution in [1.82, 2.24) is 4.90 Å². The second-order valence-corrected chi connectivity index (χ2v) is 6.31. The number of amides is 1. The molecule has 5 nitrogen and oxygen atoms in total. The number of fused-ring (bicyclic) bond motifs is 1. The maximum atomic E-state index is 12.5. The number of unbranched alkanes of at least 4 members (excludes halogenated alkanes) is 3. The van der Waals surface area contributed by atoms with E-state index in [9.17, 15) is 4.79 Å². The molecule has 1 fully saturated rings. The average molecular weight is 318 g/mol. The third kappa shape index (κ3) is 3.78. The molecule has 0 saturated carbocycles. The van der Waals surface area contributed by atoms with E-state index >= 15 is 0 Å². The van der Waals surface area contributed by atoms with Crippen molar-refractivity contribution in [3.8, 4) is 11.5 Å².